The van der Waals surface area contributed by atoms with Gasteiger partial charge in [0, 0.05) is 30.6 Å². The number of nitrogens with one attached hydrogen (secondary N) is 1. The quantitative estimate of drug-likeness (QED) is 0.172. The van der Waals surface area contributed by atoms with Crippen LogP contribution < -0.4 is 19.1 Å². The van der Waals surface area contributed by atoms with Gasteiger partial charge in [-0.05, 0) is 61.4 Å². The van der Waals surface area contributed by atoms with Gasteiger partial charge in [-0.15, -0.1) is 0 Å². The normalized spacial score (nSPS) is 12.5. The fourth-order valence-electron chi connectivity index (χ4n) is 5.05. The number of amides is 2. The summed E-state index contributed by atoms with van der Waals surface area (Å²) in [5.41, 5.74) is 0.867. The van der Waals surface area contributed by atoms with E-state index in [0.29, 0.717) is 6.42 Å². The molecule has 0 radical (unpaired) electrons. The SMILES string of the molecule is CCC(C)NC(=O)C(Cc1ccccc1)N(Cc1ccccc1F)C(=O)CN(c1ccc(F)cc1)S(=O)(=O)c1ccc(OC)c(OC)c1. The van der Waals surface area contributed by atoms with Crippen LogP contribution in [-0.4, -0.2) is 58.0 Å². The molecule has 0 saturated carbocycles. The van der Waals surface area contributed by atoms with Crippen LogP contribution in [0.1, 0.15) is 31.4 Å². The second kappa shape index (κ2) is 16.2. The lowest BCUT2D eigenvalue weighted by Crippen LogP contribution is -2.54. The van der Waals surface area contributed by atoms with Gasteiger partial charge in [0.05, 0.1) is 24.8 Å². The van der Waals surface area contributed by atoms with E-state index in [1.165, 1.54) is 67.7 Å². The van der Waals surface area contributed by atoms with Gasteiger partial charge in [-0.2, -0.15) is 0 Å². The first-order valence-electron chi connectivity index (χ1n) is 15.4. The molecule has 0 bridgehead atoms. The van der Waals surface area contributed by atoms with Crippen LogP contribution in [0.25, 0.3) is 0 Å². The van der Waals surface area contributed by atoms with E-state index in [1.807, 2.05) is 32.0 Å². The van der Waals surface area contributed by atoms with Gasteiger partial charge < -0.3 is 19.7 Å². The molecule has 48 heavy (non-hydrogen) atoms. The highest BCUT2D eigenvalue weighted by Crippen LogP contribution is 2.32. The maximum atomic E-state index is 15.1. The summed E-state index contributed by atoms with van der Waals surface area (Å²) in [6.07, 6.45) is 0.690. The Bertz CT molecular complexity index is 1810. The highest BCUT2D eigenvalue weighted by Gasteiger charge is 2.35. The Hall–Kier alpha value is -4.97. The lowest BCUT2D eigenvalue weighted by Gasteiger charge is -2.34. The van der Waals surface area contributed by atoms with Crippen LogP contribution in [0.15, 0.2) is 102 Å². The van der Waals surface area contributed by atoms with Crippen molar-refractivity contribution in [3.8, 4) is 11.5 Å². The Morgan fingerprint density at radius 3 is 2.12 bits per heavy atom. The van der Waals surface area contributed by atoms with E-state index in [1.54, 1.807) is 18.2 Å². The topological polar surface area (TPSA) is 105 Å². The molecule has 0 spiro atoms. The number of ether oxygens (including phenoxy) is 2. The van der Waals surface area contributed by atoms with Crippen LogP contribution in [0.5, 0.6) is 11.5 Å². The van der Waals surface area contributed by atoms with E-state index in [9.17, 15) is 22.4 Å². The number of hydrogen-bond acceptors (Lipinski definition) is 6. The summed E-state index contributed by atoms with van der Waals surface area (Å²) >= 11 is 0. The molecule has 0 aromatic heterocycles. The molecule has 0 heterocycles. The summed E-state index contributed by atoms with van der Waals surface area (Å²) in [5, 5.41) is 2.93. The van der Waals surface area contributed by atoms with Gasteiger partial charge in [-0.25, -0.2) is 17.2 Å². The van der Waals surface area contributed by atoms with Crippen LogP contribution in [0, 0.1) is 11.6 Å². The summed E-state index contributed by atoms with van der Waals surface area (Å²) in [4.78, 5) is 29.4. The molecule has 0 aliphatic rings. The predicted molar refractivity (Wildman–Crippen MR) is 179 cm³/mol. The lowest BCUT2D eigenvalue weighted by molar-refractivity contribution is -0.140. The summed E-state index contributed by atoms with van der Waals surface area (Å²) in [7, 11) is -1.75. The van der Waals surface area contributed by atoms with Crippen LogP contribution in [0.3, 0.4) is 0 Å². The fourth-order valence-corrected chi connectivity index (χ4v) is 6.48. The van der Waals surface area contributed by atoms with Crippen molar-refractivity contribution < 1.29 is 36.3 Å². The van der Waals surface area contributed by atoms with Crippen LogP contribution in [0.4, 0.5) is 14.5 Å². The summed E-state index contributed by atoms with van der Waals surface area (Å²) in [6.45, 7) is 2.61. The molecule has 0 saturated heterocycles. The molecule has 12 heteroatoms. The maximum absolute atomic E-state index is 15.1. The zero-order valence-corrected chi connectivity index (χ0v) is 28.0. The molecule has 4 rings (SSSR count). The molecular weight excluding hydrogens is 640 g/mol. The van der Waals surface area contributed by atoms with Crippen molar-refractivity contribution >= 4 is 27.5 Å². The smallest absolute Gasteiger partial charge is 0.264 e. The van der Waals surface area contributed by atoms with Crippen molar-refractivity contribution in [2.24, 2.45) is 0 Å². The predicted octanol–water partition coefficient (Wildman–Crippen LogP) is 5.73. The number of rotatable bonds is 15. The van der Waals surface area contributed by atoms with Crippen LogP contribution in [0.2, 0.25) is 0 Å². The fraction of sp³-hybridized carbons (Fsp3) is 0.278. The standard InChI is InChI=1S/C36H39F2N3O6S/c1-5-25(2)39-36(43)32(21-26-11-7-6-8-12-26)40(23-27-13-9-10-14-31(27)38)35(42)24-41(29-17-15-28(37)16-18-29)48(44,45)30-19-20-33(46-3)34(22-30)47-4/h6-20,22,25,32H,5,21,23-24H2,1-4H3,(H,39,43). The largest absolute Gasteiger partial charge is 0.493 e. The molecule has 9 nitrogen and oxygen atoms in total. The highest BCUT2D eigenvalue weighted by atomic mass is 32.2. The molecule has 1 N–H and O–H groups in total. The summed E-state index contributed by atoms with van der Waals surface area (Å²) in [6, 6.07) is 22.1. The molecule has 2 atom stereocenters. The highest BCUT2D eigenvalue weighted by molar-refractivity contribution is 7.92. The van der Waals surface area contributed by atoms with Gasteiger partial charge in [-0.3, -0.25) is 13.9 Å². The molecule has 2 amide bonds. The molecule has 0 aliphatic heterocycles. The minimum absolute atomic E-state index is 0.00552. The molecular formula is C36H39F2N3O6S. The number of sulfonamides is 1. The molecule has 2 unspecified atom stereocenters. The van der Waals surface area contributed by atoms with E-state index in [-0.39, 0.29) is 46.7 Å². The number of hydrogen-bond donors (Lipinski definition) is 1. The lowest BCUT2D eigenvalue weighted by atomic mass is 10.0. The number of halogens is 2. The van der Waals surface area contributed by atoms with E-state index >= 15 is 4.39 Å². The average Bonchev–Trinajstić information content (AvgIpc) is 3.09. The third kappa shape index (κ3) is 8.68. The first kappa shape index (κ1) is 35.9. The van der Waals surface area contributed by atoms with Gasteiger partial charge >= 0.3 is 0 Å². The number of methoxy groups -OCH3 is 2. The van der Waals surface area contributed by atoms with Gasteiger partial charge in [0.25, 0.3) is 10.0 Å². The molecule has 4 aromatic carbocycles. The molecule has 4 aromatic rings. The second-order valence-electron chi connectivity index (χ2n) is 11.1. The van der Waals surface area contributed by atoms with Crippen molar-refractivity contribution in [3.05, 3.63) is 120 Å². The first-order valence-corrected chi connectivity index (χ1v) is 16.8. The zero-order chi connectivity index (χ0) is 34.8. The number of carbonyl (C=O) groups excluding carboxylic acids is 2. The van der Waals surface area contributed by atoms with Crippen molar-refractivity contribution in [2.75, 3.05) is 25.1 Å². The third-order valence-corrected chi connectivity index (χ3v) is 9.68. The second-order valence-corrected chi connectivity index (χ2v) is 13.0. The Morgan fingerprint density at radius 2 is 1.50 bits per heavy atom. The number of nitrogens with zero attached hydrogens (tertiary/aromatic N) is 2. The van der Waals surface area contributed by atoms with Crippen LogP contribution >= 0.6 is 0 Å². The molecule has 0 fully saturated rings. The summed E-state index contributed by atoms with van der Waals surface area (Å²) in [5.74, 6) is -2.05. The van der Waals surface area contributed by atoms with Crippen molar-refractivity contribution in [1.29, 1.82) is 0 Å². The Kier molecular flexibility index (Phi) is 12.1. The minimum Gasteiger partial charge on any atom is -0.493 e. The van der Waals surface area contributed by atoms with Gasteiger partial charge in [0.15, 0.2) is 11.5 Å². The van der Waals surface area contributed by atoms with Crippen molar-refractivity contribution in [1.82, 2.24) is 10.2 Å². The third-order valence-electron chi connectivity index (χ3n) is 7.91. The Balaban J connectivity index is 1.84. The zero-order valence-electron chi connectivity index (χ0n) is 27.2. The van der Waals surface area contributed by atoms with Gasteiger partial charge in [0.1, 0.15) is 24.2 Å². The number of anilines is 1. The maximum Gasteiger partial charge on any atom is 0.264 e. The Labute approximate surface area is 280 Å². The summed E-state index contributed by atoms with van der Waals surface area (Å²) < 4.78 is 69.0. The minimum atomic E-state index is -4.51. The van der Waals surface area contributed by atoms with Crippen molar-refractivity contribution in [3.63, 3.8) is 0 Å². The number of carbonyl (C=O) groups is 2. The van der Waals surface area contributed by atoms with Gasteiger partial charge in [-0.1, -0.05) is 55.5 Å². The van der Waals surface area contributed by atoms with E-state index in [2.05, 4.69) is 5.32 Å². The monoisotopic (exact) mass is 679 g/mol. The average molecular weight is 680 g/mol. The molecule has 0 aliphatic carbocycles. The van der Waals surface area contributed by atoms with E-state index in [4.69, 9.17) is 9.47 Å². The number of benzene rings is 4. The first-order chi connectivity index (χ1) is 23.0. The van der Waals surface area contributed by atoms with E-state index in [0.717, 1.165) is 22.0 Å². The van der Waals surface area contributed by atoms with E-state index < -0.39 is 46.1 Å². The molecule has 254 valence electrons. The van der Waals surface area contributed by atoms with Crippen LogP contribution in [-0.2, 0) is 32.6 Å². The van der Waals surface area contributed by atoms with Crippen molar-refractivity contribution in [2.45, 2.75) is 50.2 Å². The Morgan fingerprint density at radius 1 is 0.854 bits per heavy atom. The van der Waals surface area contributed by atoms with Gasteiger partial charge in [0.2, 0.25) is 11.8 Å².